The average molecular weight is 260 g/mol. The van der Waals surface area contributed by atoms with Crippen LogP contribution in [0.25, 0.3) is 0 Å². The van der Waals surface area contributed by atoms with E-state index < -0.39 is 6.04 Å². The minimum Gasteiger partial charge on any atom is -0.303 e. The lowest BCUT2D eigenvalue weighted by molar-refractivity contribution is -0.131. The van der Waals surface area contributed by atoms with Crippen LogP contribution in [0.5, 0.6) is 0 Å². The Hall–Kier alpha value is -1.94. The van der Waals surface area contributed by atoms with E-state index >= 15 is 0 Å². The molecule has 4 nitrogen and oxygen atoms in total. The number of hydrogen-bond acceptors (Lipinski definition) is 3. The molecule has 0 aliphatic rings. The van der Waals surface area contributed by atoms with Crippen molar-refractivity contribution in [2.24, 2.45) is 0 Å². The molecule has 0 heterocycles. The van der Waals surface area contributed by atoms with Crippen LogP contribution in [0.3, 0.4) is 0 Å². The number of carbonyl (C=O) groups excluding carboxylic acids is 2. The molecule has 0 aliphatic heterocycles. The summed E-state index contributed by atoms with van der Waals surface area (Å²) in [4.78, 5) is 23.3. The van der Waals surface area contributed by atoms with E-state index in [1.165, 1.54) is 0 Å². The predicted molar refractivity (Wildman–Crippen MR) is 75.6 cm³/mol. The van der Waals surface area contributed by atoms with Crippen LogP contribution in [0.15, 0.2) is 43.0 Å². The largest absolute Gasteiger partial charge is 0.303 e. The molecule has 0 saturated carbocycles. The lowest BCUT2D eigenvalue weighted by atomic mass is 10.1. The van der Waals surface area contributed by atoms with Crippen LogP contribution in [0.1, 0.15) is 18.9 Å². The Bertz CT molecular complexity index is 429. The number of benzene rings is 1. The smallest absolute Gasteiger partial charge is 0.243 e. The first kappa shape index (κ1) is 15.1. The van der Waals surface area contributed by atoms with Gasteiger partial charge in [0.15, 0.2) is 0 Å². The second kappa shape index (κ2) is 8.21. The zero-order valence-electron chi connectivity index (χ0n) is 11.2. The molecule has 0 aromatic heterocycles. The van der Waals surface area contributed by atoms with Gasteiger partial charge in [0.2, 0.25) is 11.8 Å². The minimum absolute atomic E-state index is 0.249. The normalized spacial score (nSPS) is 11.6. The molecular weight excluding hydrogens is 240 g/mol. The molecule has 0 saturated heterocycles. The first-order valence-electron chi connectivity index (χ1n) is 6.35. The lowest BCUT2D eigenvalue weighted by Crippen LogP contribution is -2.44. The predicted octanol–water partition coefficient (Wildman–Crippen LogP) is 1.43. The van der Waals surface area contributed by atoms with E-state index in [0.29, 0.717) is 19.4 Å². The molecule has 0 spiro atoms. The molecule has 0 unspecified atom stereocenters. The fraction of sp³-hybridized carbons (Fsp3) is 0.333. The van der Waals surface area contributed by atoms with Crippen LogP contribution in [-0.2, 0) is 16.0 Å². The molecule has 1 atom stereocenters. The van der Waals surface area contributed by atoms with E-state index in [4.69, 9.17) is 0 Å². The summed E-state index contributed by atoms with van der Waals surface area (Å²) in [7, 11) is 0. The van der Waals surface area contributed by atoms with Crippen molar-refractivity contribution >= 4 is 11.8 Å². The third-order valence-corrected chi connectivity index (χ3v) is 2.71. The second-order valence-electron chi connectivity index (χ2n) is 4.32. The van der Waals surface area contributed by atoms with Crippen molar-refractivity contribution in [1.82, 2.24) is 10.6 Å². The molecule has 0 fully saturated rings. The number of amides is 2. The highest BCUT2D eigenvalue weighted by Crippen LogP contribution is 2.02. The van der Waals surface area contributed by atoms with Gasteiger partial charge >= 0.3 is 0 Å². The van der Waals surface area contributed by atoms with Crippen molar-refractivity contribution in [2.45, 2.75) is 25.8 Å². The third kappa shape index (κ3) is 5.97. The Morgan fingerprint density at radius 3 is 2.63 bits per heavy atom. The van der Waals surface area contributed by atoms with Gasteiger partial charge in [-0.15, -0.1) is 6.58 Å². The van der Waals surface area contributed by atoms with Gasteiger partial charge in [-0.25, -0.2) is 0 Å². The van der Waals surface area contributed by atoms with Crippen molar-refractivity contribution in [3.05, 3.63) is 48.6 Å². The number of aryl methyl sites for hydroxylation is 1. The maximum absolute atomic E-state index is 11.6. The molecule has 2 amide bonds. The number of imide groups is 1. The number of rotatable bonds is 7. The first-order valence-corrected chi connectivity index (χ1v) is 6.35. The molecule has 1 rings (SSSR count). The van der Waals surface area contributed by atoms with Crippen molar-refractivity contribution in [3.63, 3.8) is 0 Å². The van der Waals surface area contributed by atoms with Crippen molar-refractivity contribution in [3.8, 4) is 0 Å². The number of carbonyl (C=O) groups is 2. The van der Waals surface area contributed by atoms with Gasteiger partial charge in [-0.2, -0.15) is 0 Å². The Morgan fingerprint density at radius 2 is 2.00 bits per heavy atom. The molecule has 19 heavy (non-hydrogen) atoms. The Kier molecular flexibility index (Phi) is 6.53. The number of nitrogens with one attached hydrogen (secondary N) is 2. The monoisotopic (exact) mass is 260 g/mol. The van der Waals surface area contributed by atoms with Crippen molar-refractivity contribution in [1.29, 1.82) is 0 Å². The molecule has 1 aromatic rings. The van der Waals surface area contributed by atoms with Crippen LogP contribution >= 0.6 is 0 Å². The van der Waals surface area contributed by atoms with Crippen LogP contribution < -0.4 is 10.6 Å². The molecule has 4 heteroatoms. The Balaban J connectivity index is 2.31. The van der Waals surface area contributed by atoms with Crippen LogP contribution in [0, 0.1) is 0 Å². The van der Waals surface area contributed by atoms with E-state index in [9.17, 15) is 9.59 Å². The summed E-state index contributed by atoms with van der Waals surface area (Å²) < 4.78 is 0. The van der Waals surface area contributed by atoms with Gasteiger partial charge in [-0.05, 0) is 18.9 Å². The van der Waals surface area contributed by atoms with Gasteiger partial charge < -0.3 is 5.32 Å². The standard InChI is InChI=1S/C15H20N2O2/c1-3-11-16-12(2)15(19)17-14(18)10-9-13-7-5-4-6-8-13/h3-8,12,16H,1,9-11H2,2H3,(H,17,18,19)/t12-/m0/s1. The van der Waals surface area contributed by atoms with Gasteiger partial charge in [-0.1, -0.05) is 36.4 Å². The summed E-state index contributed by atoms with van der Waals surface area (Å²) in [5.74, 6) is -0.555. The van der Waals surface area contributed by atoms with Gasteiger partial charge in [0, 0.05) is 13.0 Å². The summed E-state index contributed by atoms with van der Waals surface area (Å²) >= 11 is 0. The fourth-order valence-corrected chi connectivity index (χ4v) is 1.56. The molecule has 0 bridgehead atoms. The highest BCUT2D eigenvalue weighted by molar-refractivity contribution is 5.97. The molecule has 0 aliphatic carbocycles. The summed E-state index contributed by atoms with van der Waals surface area (Å²) in [6.07, 6.45) is 2.61. The third-order valence-electron chi connectivity index (χ3n) is 2.71. The van der Waals surface area contributed by atoms with Crippen molar-refractivity contribution in [2.75, 3.05) is 6.54 Å². The maximum atomic E-state index is 11.6. The van der Waals surface area contributed by atoms with E-state index in [1.807, 2.05) is 30.3 Å². The molecule has 102 valence electrons. The van der Waals surface area contributed by atoms with Gasteiger partial charge in [-0.3, -0.25) is 14.9 Å². The van der Waals surface area contributed by atoms with E-state index in [-0.39, 0.29) is 11.8 Å². The Morgan fingerprint density at radius 1 is 1.32 bits per heavy atom. The molecule has 0 radical (unpaired) electrons. The fourth-order valence-electron chi connectivity index (χ4n) is 1.56. The van der Waals surface area contributed by atoms with Crippen LogP contribution in [-0.4, -0.2) is 24.4 Å². The number of hydrogen-bond donors (Lipinski definition) is 2. The summed E-state index contributed by atoms with van der Waals surface area (Å²) in [6.45, 7) is 5.80. The maximum Gasteiger partial charge on any atom is 0.243 e. The highest BCUT2D eigenvalue weighted by atomic mass is 16.2. The molecular formula is C15H20N2O2. The lowest BCUT2D eigenvalue weighted by Gasteiger charge is -2.11. The van der Waals surface area contributed by atoms with Gasteiger partial charge in [0.25, 0.3) is 0 Å². The highest BCUT2D eigenvalue weighted by Gasteiger charge is 2.14. The van der Waals surface area contributed by atoms with E-state index in [1.54, 1.807) is 13.0 Å². The zero-order chi connectivity index (χ0) is 14.1. The van der Waals surface area contributed by atoms with Crippen LogP contribution in [0.4, 0.5) is 0 Å². The zero-order valence-corrected chi connectivity index (χ0v) is 11.2. The summed E-state index contributed by atoms with van der Waals surface area (Å²) in [6, 6.07) is 9.31. The second-order valence-corrected chi connectivity index (χ2v) is 4.32. The topological polar surface area (TPSA) is 58.2 Å². The Labute approximate surface area is 113 Å². The minimum atomic E-state index is -0.404. The summed E-state index contributed by atoms with van der Waals surface area (Å²) in [5.41, 5.74) is 1.09. The average Bonchev–Trinajstić information content (AvgIpc) is 2.43. The van der Waals surface area contributed by atoms with Gasteiger partial charge in [0.1, 0.15) is 0 Å². The first-order chi connectivity index (χ1) is 9.13. The molecule has 2 N–H and O–H groups in total. The quantitative estimate of drug-likeness (QED) is 0.729. The van der Waals surface area contributed by atoms with Crippen molar-refractivity contribution < 1.29 is 9.59 Å². The van der Waals surface area contributed by atoms with Gasteiger partial charge in [0.05, 0.1) is 6.04 Å². The molecule has 1 aromatic carbocycles. The van der Waals surface area contributed by atoms with Crippen LogP contribution in [0.2, 0.25) is 0 Å². The van der Waals surface area contributed by atoms with E-state index in [0.717, 1.165) is 5.56 Å². The summed E-state index contributed by atoms with van der Waals surface area (Å²) in [5, 5.41) is 5.31. The van der Waals surface area contributed by atoms with E-state index in [2.05, 4.69) is 17.2 Å². The SMILES string of the molecule is C=CCN[C@@H](C)C(=O)NC(=O)CCc1ccccc1.